The monoisotopic (exact) mass is 824 g/mol. The number of anilines is 3. The molecule has 2 heteroatoms. The summed E-state index contributed by atoms with van der Waals surface area (Å²) >= 11 is 0. The van der Waals surface area contributed by atoms with Gasteiger partial charge in [0.15, 0.2) is 0 Å². The van der Waals surface area contributed by atoms with Gasteiger partial charge in [-0.15, -0.1) is 0 Å². The lowest BCUT2D eigenvalue weighted by Crippen LogP contribution is -2.36. The first kappa shape index (κ1) is 36.1. The Hall–Kier alpha value is -8.46. The number of rotatable bonds is 5. The molecular weight excluding hydrogens is 785 g/mol. The van der Waals surface area contributed by atoms with Crippen molar-refractivity contribution in [3.63, 3.8) is 0 Å². The molecule has 11 aromatic carbocycles. The zero-order valence-electron chi connectivity index (χ0n) is 35.5. The number of benzene rings is 11. The molecule has 302 valence electrons. The summed E-state index contributed by atoms with van der Waals surface area (Å²) in [7, 11) is 0. The highest BCUT2D eigenvalue weighted by atomic mass is 15.1. The summed E-state index contributed by atoms with van der Waals surface area (Å²) in [5.74, 6) is 0. The van der Waals surface area contributed by atoms with Gasteiger partial charge in [0, 0.05) is 33.2 Å². The first-order valence-corrected chi connectivity index (χ1v) is 22.6. The normalized spacial score (nSPS) is 14.5. The maximum absolute atomic E-state index is 2.50. The van der Waals surface area contributed by atoms with Crippen molar-refractivity contribution >= 4 is 60.4 Å². The van der Waals surface area contributed by atoms with Crippen molar-refractivity contribution in [1.29, 1.82) is 0 Å². The maximum atomic E-state index is 2.50. The van der Waals surface area contributed by atoms with Gasteiger partial charge in [-0.05, 0) is 126 Å². The van der Waals surface area contributed by atoms with Crippen molar-refractivity contribution in [3.05, 3.63) is 265 Å². The van der Waals surface area contributed by atoms with Crippen LogP contribution in [0.1, 0.15) is 22.3 Å². The second-order valence-corrected chi connectivity index (χ2v) is 17.6. The van der Waals surface area contributed by atoms with E-state index in [-0.39, 0.29) is 0 Å². The number of para-hydroxylation sites is 3. The quantitative estimate of drug-likeness (QED) is 0.168. The van der Waals surface area contributed by atoms with Crippen LogP contribution >= 0.6 is 0 Å². The fourth-order valence-corrected chi connectivity index (χ4v) is 11.8. The fraction of sp³-hybridized carbons (Fsp3) is 0.0159. The predicted octanol–water partition coefficient (Wildman–Crippen LogP) is 16.6. The molecule has 1 unspecified atom stereocenters. The molecule has 1 spiro atoms. The number of fused-ring (bicyclic) bond motifs is 11. The molecule has 14 rings (SSSR count). The summed E-state index contributed by atoms with van der Waals surface area (Å²) in [6.45, 7) is 0. The highest BCUT2D eigenvalue weighted by Crippen LogP contribution is 2.62. The van der Waals surface area contributed by atoms with Crippen LogP contribution in [0.4, 0.5) is 17.1 Å². The van der Waals surface area contributed by atoms with Crippen LogP contribution in [0.15, 0.2) is 243 Å². The zero-order valence-corrected chi connectivity index (χ0v) is 35.5. The lowest BCUT2D eigenvalue weighted by Gasteiger charge is -2.46. The van der Waals surface area contributed by atoms with Crippen LogP contribution in [-0.4, -0.2) is 4.57 Å². The Morgan fingerprint density at radius 3 is 1.77 bits per heavy atom. The van der Waals surface area contributed by atoms with Crippen LogP contribution in [0, 0.1) is 0 Å². The zero-order chi connectivity index (χ0) is 42.6. The van der Waals surface area contributed by atoms with E-state index in [1.54, 1.807) is 0 Å². The van der Waals surface area contributed by atoms with Gasteiger partial charge in [-0.3, -0.25) is 0 Å². The molecule has 0 N–H and O–H groups in total. The van der Waals surface area contributed by atoms with Gasteiger partial charge in [-0.1, -0.05) is 188 Å². The standard InChI is InChI=1S/C63H40N2/c1-4-17-41(18-5-1)43-33-35-48-51-27-14-19-42-20-15-30-55(61(42)51)63(57(48)39-43)54-29-12-10-25-47(54)52-37-38-59(53-28-16-31-56(63)62(52)53)64(44-21-6-2-7-22-44)46-34-36-50-49-26-11-13-32-58(49)65(60(50)40-46)45-23-8-3-9-24-45/h1-40H. The SMILES string of the molecule is c1ccc(-c2ccc3c(c2)C2(c4ccccc4-c4ccc(N(c5ccccc5)c5ccc6c7ccccc7n(-c7ccccc7)c6c5)c5cccc2c45)c2cccc4cccc-3c24)cc1. The Bertz CT molecular complexity index is 3880. The molecule has 0 aliphatic heterocycles. The van der Waals surface area contributed by atoms with Crippen LogP contribution in [0.2, 0.25) is 0 Å². The Balaban J connectivity index is 1.09. The molecule has 0 saturated heterocycles. The third-order valence-electron chi connectivity index (χ3n) is 14.4. The minimum atomic E-state index is -0.608. The van der Waals surface area contributed by atoms with Crippen molar-refractivity contribution in [2.75, 3.05) is 4.90 Å². The van der Waals surface area contributed by atoms with E-state index >= 15 is 0 Å². The van der Waals surface area contributed by atoms with E-state index < -0.39 is 5.41 Å². The van der Waals surface area contributed by atoms with E-state index in [1.807, 2.05) is 0 Å². The molecule has 0 amide bonds. The van der Waals surface area contributed by atoms with Crippen LogP contribution in [-0.2, 0) is 5.41 Å². The van der Waals surface area contributed by atoms with E-state index in [2.05, 4.69) is 252 Å². The Labute approximate surface area is 377 Å². The van der Waals surface area contributed by atoms with E-state index in [4.69, 9.17) is 0 Å². The maximum Gasteiger partial charge on any atom is 0.0726 e. The molecule has 1 atom stereocenters. The first-order valence-electron chi connectivity index (χ1n) is 22.6. The summed E-state index contributed by atoms with van der Waals surface area (Å²) in [6.07, 6.45) is 0. The highest BCUT2D eigenvalue weighted by molar-refractivity contribution is 6.15. The van der Waals surface area contributed by atoms with Crippen LogP contribution in [0.25, 0.3) is 82.4 Å². The Morgan fingerprint density at radius 1 is 0.323 bits per heavy atom. The summed E-state index contributed by atoms with van der Waals surface area (Å²) in [5, 5.41) is 7.57. The van der Waals surface area contributed by atoms with E-state index in [0.29, 0.717) is 0 Å². The van der Waals surface area contributed by atoms with Crippen LogP contribution in [0.3, 0.4) is 0 Å². The van der Waals surface area contributed by atoms with Crippen LogP contribution < -0.4 is 4.90 Å². The molecule has 0 saturated carbocycles. The molecule has 2 aliphatic carbocycles. The van der Waals surface area contributed by atoms with Crippen molar-refractivity contribution < 1.29 is 0 Å². The molecule has 0 radical (unpaired) electrons. The fourth-order valence-electron chi connectivity index (χ4n) is 11.8. The average molecular weight is 825 g/mol. The molecule has 0 fully saturated rings. The third kappa shape index (κ3) is 4.99. The topological polar surface area (TPSA) is 8.17 Å². The number of hydrogen-bond donors (Lipinski definition) is 0. The highest BCUT2D eigenvalue weighted by Gasteiger charge is 2.49. The number of hydrogen-bond acceptors (Lipinski definition) is 1. The molecular formula is C63H40N2. The van der Waals surface area contributed by atoms with E-state index in [1.165, 1.54) is 99.0 Å². The van der Waals surface area contributed by atoms with Gasteiger partial charge < -0.3 is 9.47 Å². The molecule has 1 heterocycles. The van der Waals surface area contributed by atoms with Gasteiger partial charge in [-0.2, -0.15) is 0 Å². The van der Waals surface area contributed by atoms with Crippen molar-refractivity contribution in [2.45, 2.75) is 5.41 Å². The number of nitrogens with zero attached hydrogens (tertiary/aromatic N) is 2. The molecule has 65 heavy (non-hydrogen) atoms. The second kappa shape index (κ2) is 13.8. The first-order chi connectivity index (χ1) is 32.3. The van der Waals surface area contributed by atoms with Crippen molar-refractivity contribution in [1.82, 2.24) is 4.57 Å². The minimum absolute atomic E-state index is 0.608. The largest absolute Gasteiger partial charge is 0.310 e. The summed E-state index contributed by atoms with van der Waals surface area (Å²) in [6, 6.07) is 90.4. The van der Waals surface area contributed by atoms with Crippen molar-refractivity contribution in [3.8, 4) is 39.1 Å². The molecule has 0 bridgehead atoms. The van der Waals surface area contributed by atoms with Crippen LogP contribution in [0.5, 0.6) is 0 Å². The second-order valence-electron chi connectivity index (χ2n) is 17.6. The van der Waals surface area contributed by atoms with Gasteiger partial charge >= 0.3 is 0 Å². The summed E-state index contributed by atoms with van der Waals surface area (Å²) in [5.41, 5.74) is 19.1. The van der Waals surface area contributed by atoms with Gasteiger partial charge in [0.1, 0.15) is 0 Å². The smallest absolute Gasteiger partial charge is 0.0726 e. The molecule has 1 aromatic heterocycles. The lowest BCUT2D eigenvalue weighted by atomic mass is 9.55. The summed E-state index contributed by atoms with van der Waals surface area (Å²) < 4.78 is 2.42. The molecule has 12 aromatic rings. The molecule has 2 nitrogen and oxygen atoms in total. The van der Waals surface area contributed by atoms with Crippen molar-refractivity contribution in [2.24, 2.45) is 0 Å². The Morgan fingerprint density at radius 2 is 0.923 bits per heavy atom. The van der Waals surface area contributed by atoms with Gasteiger partial charge in [0.25, 0.3) is 0 Å². The van der Waals surface area contributed by atoms with E-state index in [9.17, 15) is 0 Å². The molecule has 2 aliphatic rings. The third-order valence-corrected chi connectivity index (χ3v) is 14.4. The average Bonchev–Trinajstić information content (AvgIpc) is 3.71. The Kier molecular flexibility index (Phi) is 7.64. The van der Waals surface area contributed by atoms with E-state index in [0.717, 1.165) is 22.7 Å². The minimum Gasteiger partial charge on any atom is -0.310 e. The summed E-state index contributed by atoms with van der Waals surface area (Å²) in [4.78, 5) is 2.47. The lowest BCUT2D eigenvalue weighted by molar-refractivity contribution is 0.755. The number of aromatic nitrogens is 1. The van der Waals surface area contributed by atoms with Gasteiger partial charge in [-0.25, -0.2) is 0 Å². The van der Waals surface area contributed by atoms with Gasteiger partial charge in [0.05, 0.1) is 22.1 Å². The van der Waals surface area contributed by atoms with Gasteiger partial charge in [0.2, 0.25) is 0 Å². The predicted molar refractivity (Wildman–Crippen MR) is 272 cm³/mol.